The van der Waals surface area contributed by atoms with Crippen LogP contribution in [0.1, 0.15) is 5.69 Å². The van der Waals surface area contributed by atoms with Crippen molar-refractivity contribution in [1.82, 2.24) is 4.98 Å². The van der Waals surface area contributed by atoms with Crippen molar-refractivity contribution in [2.24, 2.45) is 0 Å². The van der Waals surface area contributed by atoms with Crippen LogP contribution < -0.4 is 0 Å². The highest BCUT2D eigenvalue weighted by Gasteiger charge is 1.91. The number of pyridine rings is 1. The number of rotatable bonds is 0. The van der Waals surface area contributed by atoms with Crippen LogP contribution in [0.4, 0.5) is 0 Å². The fourth-order valence-corrected chi connectivity index (χ4v) is 0.850. The predicted molar refractivity (Wildman–Crippen MR) is 50.8 cm³/mol. The van der Waals surface area contributed by atoms with E-state index >= 15 is 0 Å². The number of carbonyl (C=O) groups excluding carboxylic acids is 1. The molecule has 1 aromatic rings. The Morgan fingerprint density at radius 3 is 2.92 bits per heavy atom. The molecule has 0 aliphatic carbocycles. The van der Waals surface area contributed by atoms with Gasteiger partial charge in [0.05, 0.1) is 7.11 Å². The van der Waals surface area contributed by atoms with Crippen molar-refractivity contribution in [3.63, 3.8) is 0 Å². The van der Waals surface area contributed by atoms with Gasteiger partial charge < -0.3 is 4.74 Å². The number of halogens is 1. The predicted octanol–water partition coefficient (Wildman–Crippen LogP) is 1.37. The van der Waals surface area contributed by atoms with E-state index in [1.54, 1.807) is 18.3 Å². The Kier molecular flexibility index (Phi) is 3.47. The highest BCUT2D eigenvalue weighted by Crippen LogP contribution is 2.06. The highest BCUT2D eigenvalue weighted by atomic mass is 79.9. The first-order valence-electron chi connectivity index (χ1n) is 3.44. The SMILES string of the molecule is COC(=O)C#Cc1ccc(Br)cn1. The van der Waals surface area contributed by atoms with Crippen LogP contribution in [0.5, 0.6) is 0 Å². The van der Waals surface area contributed by atoms with Crippen LogP contribution in [0, 0.1) is 11.8 Å². The van der Waals surface area contributed by atoms with Crippen LogP contribution >= 0.6 is 15.9 Å². The zero-order valence-corrected chi connectivity index (χ0v) is 8.46. The molecule has 0 aliphatic heterocycles. The molecule has 0 bridgehead atoms. The fraction of sp³-hybridized carbons (Fsp3) is 0.111. The van der Waals surface area contributed by atoms with Gasteiger partial charge in [-0.1, -0.05) is 0 Å². The molecule has 1 aromatic heterocycles. The minimum absolute atomic E-state index is 0.536. The second-order valence-corrected chi connectivity index (χ2v) is 3.02. The number of ether oxygens (including phenoxy) is 1. The monoisotopic (exact) mass is 239 g/mol. The average Bonchev–Trinajstić information content (AvgIpc) is 2.16. The summed E-state index contributed by atoms with van der Waals surface area (Å²) in [5, 5.41) is 0. The second kappa shape index (κ2) is 4.63. The summed E-state index contributed by atoms with van der Waals surface area (Å²) in [4.78, 5) is 14.6. The Labute approximate surface area is 84.3 Å². The van der Waals surface area contributed by atoms with E-state index in [0.717, 1.165) is 4.47 Å². The van der Waals surface area contributed by atoms with Crippen LogP contribution in [0.3, 0.4) is 0 Å². The zero-order valence-electron chi connectivity index (χ0n) is 6.87. The van der Waals surface area contributed by atoms with Crippen molar-refractivity contribution in [3.8, 4) is 11.8 Å². The molecule has 66 valence electrons. The van der Waals surface area contributed by atoms with E-state index in [-0.39, 0.29) is 0 Å². The fourth-order valence-electron chi connectivity index (χ4n) is 0.616. The van der Waals surface area contributed by atoms with E-state index in [2.05, 4.69) is 37.5 Å². The Morgan fingerprint density at radius 2 is 2.38 bits per heavy atom. The second-order valence-electron chi connectivity index (χ2n) is 2.10. The number of methoxy groups -OCH3 is 1. The molecule has 0 saturated heterocycles. The Bertz CT molecular complexity index is 361. The van der Waals surface area contributed by atoms with E-state index in [9.17, 15) is 4.79 Å². The van der Waals surface area contributed by atoms with Crippen LogP contribution in [-0.4, -0.2) is 18.1 Å². The molecule has 13 heavy (non-hydrogen) atoms. The van der Waals surface area contributed by atoms with Crippen LogP contribution in [0.15, 0.2) is 22.8 Å². The summed E-state index contributed by atoms with van der Waals surface area (Å²) in [6, 6.07) is 3.51. The van der Waals surface area contributed by atoms with E-state index in [1.807, 2.05) is 0 Å². The standard InChI is InChI=1S/C9H6BrNO2/c1-13-9(12)5-4-8-3-2-7(10)6-11-8/h2-3,6H,1H3. The third-order valence-corrected chi connectivity index (χ3v) is 1.67. The van der Waals surface area contributed by atoms with Gasteiger partial charge >= 0.3 is 5.97 Å². The molecule has 1 heterocycles. The molecular weight excluding hydrogens is 234 g/mol. The molecule has 3 nitrogen and oxygen atoms in total. The van der Waals surface area contributed by atoms with Crippen molar-refractivity contribution in [1.29, 1.82) is 0 Å². The first-order chi connectivity index (χ1) is 6.22. The summed E-state index contributed by atoms with van der Waals surface area (Å²) < 4.78 is 5.22. The third-order valence-electron chi connectivity index (χ3n) is 1.21. The van der Waals surface area contributed by atoms with Crippen molar-refractivity contribution in [2.45, 2.75) is 0 Å². The summed E-state index contributed by atoms with van der Waals surface area (Å²) in [6.07, 6.45) is 1.61. The van der Waals surface area contributed by atoms with Gasteiger partial charge in [0.1, 0.15) is 5.69 Å². The van der Waals surface area contributed by atoms with Gasteiger partial charge in [0.2, 0.25) is 0 Å². The average molecular weight is 240 g/mol. The maximum absolute atomic E-state index is 10.6. The lowest BCUT2D eigenvalue weighted by Gasteiger charge is -1.89. The molecule has 0 atom stereocenters. The third kappa shape index (κ3) is 3.26. The number of nitrogens with zero attached hydrogens (tertiary/aromatic N) is 1. The molecule has 0 fully saturated rings. The molecule has 0 aliphatic rings. The Morgan fingerprint density at radius 1 is 1.62 bits per heavy atom. The van der Waals surface area contributed by atoms with E-state index in [1.165, 1.54) is 7.11 Å². The lowest BCUT2D eigenvalue weighted by Crippen LogP contribution is -1.94. The van der Waals surface area contributed by atoms with Crippen molar-refractivity contribution >= 4 is 21.9 Å². The molecule has 0 N–H and O–H groups in total. The van der Waals surface area contributed by atoms with E-state index < -0.39 is 5.97 Å². The lowest BCUT2D eigenvalue weighted by atomic mass is 10.3. The van der Waals surface area contributed by atoms with E-state index in [4.69, 9.17) is 0 Å². The molecular formula is C9H6BrNO2. The summed E-state index contributed by atoms with van der Waals surface area (Å²) in [5.74, 6) is 4.28. The largest absolute Gasteiger partial charge is 0.459 e. The highest BCUT2D eigenvalue weighted by molar-refractivity contribution is 9.10. The Balaban J connectivity index is 2.78. The van der Waals surface area contributed by atoms with Gasteiger partial charge in [0.25, 0.3) is 0 Å². The lowest BCUT2D eigenvalue weighted by molar-refractivity contribution is -0.133. The van der Waals surface area contributed by atoms with Crippen LogP contribution in [0.25, 0.3) is 0 Å². The smallest absolute Gasteiger partial charge is 0.384 e. The molecule has 0 spiro atoms. The van der Waals surface area contributed by atoms with Crippen LogP contribution in [-0.2, 0) is 9.53 Å². The number of hydrogen-bond donors (Lipinski definition) is 0. The normalized spacial score (nSPS) is 8.46. The minimum Gasteiger partial charge on any atom is -0.459 e. The summed E-state index contributed by atoms with van der Waals surface area (Å²) in [5.41, 5.74) is 0.536. The molecule has 0 radical (unpaired) electrons. The van der Waals surface area contributed by atoms with E-state index in [0.29, 0.717) is 5.69 Å². The molecule has 4 heteroatoms. The summed E-state index contributed by atoms with van der Waals surface area (Å²) in [7, 11) is 1.28. The summed E-state index contributed by atoms with van der Waals surface area (Å²) >= 11 is 3.24. The Hall–Kier alpha value is -1.34. The van der Waals surface area contributed by atoms with Gasteiger partial charge in [-0.25, -0.2) is 9.78 Å². The maximum atomic E-state index is 10.6. The molecule has 0 unspecified atom stereocenters. The molecule has 0 saturated carbocycles. The molecule has 0 amide bonds. The van der Waals surface area contributed by atoms with Crippen molar-refractivity contribution in [2.75, 3.05) is 7.11 Å². The number of hydrogen-bond acceptors (Lipinski definition) is 3. The molecule has 1 rings (SSSR count). The van der Waals surface area contributed by atoms with Gasteiger partial charge in [-0.15, -0.1) is 0 Å². The topological polar surface area (TPSA) is 39.2 Å². The minimum atomic E-state index is -0.565. The van der Waals surface area contributed by atoms with Crippen molar-refractivity contribution in [3.05, 3.63) is 28.5 Å². The van der Waals surface area contributed by atoms with Crippen LogP contribution in [0.2, 0.25) is 0 Å². The first kappa shape index (κ1) is 9.75. The number of aromatic nitrogens is 1. The zero-order chi connectivity index (χ0) is 9.68. The van der Waals surface area contributed by atoms with Crippen molar-refractivity contribution < 1.29 is 9.53 Å². The number of carbonyl (C=O) groups is 1. The first-order valence-corrected chi connectivity index (χ1v) is 4.23. The van der Waals surface area contributed by atoms with Gasteiger partial charge in [-0.05, 0) is 34.0 Å². The van der Waals surface area contributed by atoms with Gasteiger partial charge in [0.15, 0.2) is 0 Å². The summed E-state index contributed by atoms with van der Waals surface area (Å²) in [6.45, 7) is 0. The van der Waals surface area contributed by atoms with Gasteiger partial charge in [-0.2, -0.15) is 0 Å². The van der Waals surface area contributed by atoms with Gasteiger partial charge in [0, 0.05) is 16.6 Å². The number of esters is 1. The maximum Gasteiger partial charge on any atom is 0.384 e. The quantitative estimate of drug-likeness (QED) is 0.507. The van der Waals surface area contributed by atoms with Gasteiger partial charge in [-0.3, -0.25) is 0 Å². The molecule has 0 aromatic carbocycles.